The van der Waals surface area contributed by atoms with Gasteiger partial charge in [0.2, 0.25) is 0 Å². The van der Waals surface area contributed by atoms with Crippen LogP contribution in [0.4, 0.5) is 0 Å². The van der Waals surface area contributed by atoms with Crippen molar-refractivity contribution >= 4 is 27.5 Å². The van der Waals surface area contributed by atoms with Crippen molar-refractivity contribution in [2.24, 2.45) is 11.8 Å². The van der Waals surface area contributed by atoms with Gasteiger partial charge in [0.1, 0.15) is 0 Å². The second kappa shape index (κ2) is 8.96. The predicted molar refractivity (Wildman–Crippen MR) is 87.3 cm³/mol. The standard InChI is InChI=1S/C15H24BrClN2/c1-3-5-6-11(4-2)15(19-18)9-12-7-8-13(16)10-14(12)17/h7-8,10-11,15,19H,3-6,9,18H2,1-2H3. The van der Waals surface area contributed by atoms with Crippen LogP contribution in [0, 0.1) is 5.92 Å². The Bertz CT molecular complexity index is 384. The second-order valence-corrected chi connectivity index (χ2v) is 6.35. The molecule has 108 valence electrons. The molecular formula is C15H24BrClN2. The van der Waals surface area contributed by atoms with Gasteiger partial charge >= 0.3 is 0 Å². The van der Waals surface area contributed by atoms with Crippen LogP contribution >= 0.6 is 27.5 Å². The van der Waals surface area contributed by atoms with Crippen LogP contribution in [0.1, 0.15) is 45.1 Å². The first-order valence-corrected chi connectivity index (χ1v) is 8.19. The number of halogens is 2. The third kappa shape index (κ3) is 5.42. The zero-order valence-corrected chi connectivity index (χ0v) is 14.1. The fourth-order valence-electron chi connectivity index (χ4n) is 2.44. The molecule has 0 bridgehead atoms. The molecule has 0 saturated carbocycles. The molecule has 0 amide bonds. The first-order valence-electron chi connectivity index (χ1n) is 7.02. The smallest absolute Gasteiger partial charge is 0.0449 e. The lowest BCUT2D eigenvalue weighted by molar-refractivity contribution is 0.318. The number of unbranched alkanes of at least 4 members (excludes halogenated alkanes) is 1. The Morgan fingerprint density at radius 3 is 2.63 bits per heavy atom. The summed E-state index contributed by atoms with van der Waals surface area (Å²) in [6, 6.07) is 6.33. The fourth-order valence-corrected chi connectivity index (χ4v) is 3.19. The van der Waals surface area contributed by atoms with E-state index in [9.17, 15) is 0 Å². The van der Waals surface area contributed by atoms with Crippen molar-refractivity contribution in [3.05, 3.63) is 33.3 Å². The van der Waals surface area contributed by atoms with E-state index >= 15 is 0 Å². The number of benzene rings is 1. The van der Waals surface area contributed by atoms with Crippen molar-refractivity contribution in [1.29, 1.82) is 0 Å². The molecule has 4 heteroatoms. The highest BCUT2D eigenvalue weighted by atomic mass is 79.9. The highest BCUT2D eigenvalue weighted by Crippen LogP contribution is 2.25. The van der Waals surface area contributed by atoms with E-state index in [1.807, 2.05) is 12.1 Å². The second-order valence-electron chi connectivity index (χ2n) is 5.02. The Kier molecular flexibility index (Phi) is 8.00. The largest absolute Gasteiger partial charge is 0.271 e. The van der Waals surface area contributed by atoms with E-state index in [0.29, 0.717) is 5.92 Å². The average Bonchev–Trinajstić information content (AvgIpc) is 2.40. The van der Waals surface area contributed by atoms with Crippen LogP contribution in [-0.2, 0) is 6.42 Å². The van der Waals surface area contributed by atoms with E-state index in [2.05, 4.69) is 41.3 Å². The molecule has 0 aliphatic heterocycles. The molecule has 0 aliphatic rings. The highest BCUT2D eigenvalue weighted by molar-refractivity contribution is 9.10. The highest BCUT2D eigenvalue weighted by Gasteiger charge is 2.19. The van der Waals surface area contributed by atoms with Gasteiger partial charge in [-0.15, -0.1) is 0 Å². The van der Waals surface area contributed by atoms with Gasteiger partial charge in [0, 0.05) is 15.5 Å². The SMILES string of the molecule is CCCCC(CC)C(Cc1ccc(Br)cc1Cl)NN. The predicted octanol–water partition coefficient (Wildman–Crippen LogP) is 4.69. The molecule has 0 fully saturated rings. The van der Waals surface area contributed by atoms with E-state index in [0.717, 1.165) is 27.9 Å². The molecular weight excluding hydrogens is 324 g/mol. The maximum absolute atomic E-state index is 6.28. The van der Waals surface area contributed by atoms with Crippen LogP contribution in [0.2, 0.25) is 5.02 Å². The lowest BCUT2D eigenvalue weighted by atomic mass is 9.88. The molecule has 0 heterocycles. The zero-order chi connectivity index (χ0) is 14.3. The monoisotopic (exact) mass is 346 g/mol. The van der Waals surface area contributed by atoms with Crippen LogP contribution < -0.4 is 11.3 Å². The molecule has 0 saturated heterocycles. The van der Waals surface area contributed by atoms with E-state index in [-0.39, 0.29) is 6.04 Å². The topological polar surface area (TPSA) is 38.0 Å². The lowest BCUT2D eigenvalue weighted by Gasteiger charge is -2.26. The quantitative estimate of drug-likeness (QED) is 0.528. The molecule has 1 aromatic carbocycles. The molecule has 0 aromatic heterocycles. The van der Waals surface area contributed by atoms with E-state index in [1.54, 1.807) is 0 Å². The third-order valence-corrected chi connectivity index (χ3v) is 4.54. The number of nitrogens with two attached hydrogens (primary N) is 1. The summed E-state index contributed by atoms with van der Waals surface area (Å²) in [5, 5.41) is 0.806. The number of hydrogen-bond donors (Lipinski definition) is 2. The minimum atomic E-state index is 0.287. The molecule has 2 unspecified atom stereocenters. The summed E-state index contributed by atoms with van der Waals surface area (Å²) in [6.45, 7) is 4.46. The first-order chi connectivity index (χ1) is 9.12. The molecule has 3 N–H and O–H groups in total. The molecule has 2 atom stereocenters. The first kappa shape index (κ1) is 17.0. The van der Waals surface area contributed by atoms with Crippen LogP contribution in [0.15, 0.2) is 22.7 Å². The van der Waals surface area contributed by atoms with E-state index in [1.165, 1.54) is 19.3 Å². The van der Waals surface area contributed by atoms with Gasteiger partial charge in [0.05, 0.1) is 0 Å². The number of nitrogens with one attached hydrogen (secondary N) is 1. The van der Waals surface area contributed by atoms with E-state index < -0.39 is 0 Å². The Balaban J connectivity index is 2.73. The van der Waals surface area contributed by atoms with Crippen LogP contribution in [0.25, 0.3) is 0 Å². The molecule has 2 nitrogen and oxygen atoms in total. The molecule has 0 aliphatic carbocycles. The maximum atomic E-state index is 6.28. The van der Waals surface area contributed by atoms with Crippen molar-refractivity contribution in [1.82, 2.24) is 5.43 Å². The fraction of sp³-hybridized carbons (Fsp3) is 0.600. The lowest BCUT2D eigenvalue weighted by Crippen LogP contribution is -2.42. The Morgan fingerprint density at radius 2 is 2.11 bits per heavy atom. The molecule has 0 spiro atoms. The average molecular weight is 348 g/mol. The molecule has 1 rings (SSSR count). The van der Waals surface area contributed by atoms with Gasteiger partial charge in [-0.1, -0.05) is 66.7 Å². The molecule has 19 heavy (non-hydrogen) atoms. The summed E-state index contributed by atoms with van der Waals surface area (Å²) < 4.78 is 1.01. The van der Waals surface area contributed by atoms with Gasteiger partial charge in [0.25, 0.3) is 0 Å². The Morgan fingerprint density at radius 1 is 1.37 bits per heavy atom. The maximum Gasteiger partial charge on any atom is 0.0449 e. The van der Waals surface area contributed by atoms with Gasteiger partial charge in [0.15, 0.2) is 0 Å². The Labute approximate surface area is 130 Å². The van der Waals surface area contributed by atoms with Crippen LogP contribution in [-0.4, -0.2) is 6.04 Å². The zero-order valence-electron chi connectivity index (χ0n) is 11.8. The van der Waals surface area contributed by atoms with Crippen molar-refractivity contribution in [2.75, 3.05) is 0 Å². The number of hydrazine groups is 1. The summed E-state index contributed by atoms with van der Waals surface area (Å²) >= 11 is 9.72. The summed E-state index contributed by atoms with van der Waals surface area (Å²) in [5.41, 5.74) is 4.14. The minimum Gasteiger partial charge on any atom is -0.271 e. The van der Waals surface area contributed by atoms with Crippen molar-refractivity contribution in [3.63, 3.8) is 0 Å². The van der Waals surface area contributed by atoms with Crippen LogP contribution in [0.3, 0.4) is 0 Å². The van der Waals surface area contributed by atoms with Gasteiger partial charge in [-0.2, -0.15) is 0 Å². The normalized spacial score (nSPS) is 14.4. The van der Waals surface area contributed by atoms with E-state index in [4.69, 9.17) is 17.4 Å². The van der Waals surface area contributed by atoms with Crippen molar-refractivity contribution in [3.8, 4) is 0 Å². The summed E-state index contributed by atoms with van der Waals surface area (Å²) in [4.78, 5) is 0. The minimum absolute atomic E-state index is 0.287. The summed E-state index contributed by atoms with van der Waals surface area (Å²) in [6.07, 6.45) is 5.72. The summed E-state index contributed by atoms with van der Waals surface area (Å²) in [7, 11) is 0. The summed E-state index contributed by atoms with van der Waals surface area (Å²) in [5.74, 6) is 6.35. The number of hydrogen-bond acceptors (Lipinski definition) is 2. The van der Waals surface area contributed by atoms with Crippen molar-refractivity contribution in [2.45, 2.75) is 52.0 Å². The van der Waals surface area contributed by atoms with Gasteiger partial charge < -0.3 is 0 Å². The van der Waals surface area contributed by atoms with Gasteiger partial charge in [-0.05, 0) is 36.5 Å². The molecule has 1 aromatic rings. The Hall–Kier alpha value is -0.0900. The van der Waals surface area contributed by atoms with Gasteiger partial charge in [-0.25, -0.2) is 0 Å². The number of rotatable bonds is 8. The van der Waals surface area contributed by atoms with Crippen molar-refractivity contribution < 1.29 is 0 Å². The van der Waals surface area contributed by atoms with Gasteiger partial charge in [-0.3, -0.25) is 11.3 Å². The third-order valence-electron chi connectivity index (χ3n) is 3.69. The van der Waals surface area contributed by atoms with Crippen LogP contribution in [0.5, 0.6) is 0 Å². The molecule has 0 radical (unpaired) electrons.